The van der Waals surface area contributed by atoms with Gasteiger partial charge in [0.25, 0.3) is 11.8 Å². The van der Waals surface area contributed by atoms with E-state index in [0.29, 0.717) is 50.1 Å². The van der Waals surface area contributed by atoms with Gasteiger partial charge in [-0.25, -0.2) is 0 Å². The first-order valence-electron chi connectivity index (χ1n) is 16.7. The van der Waals surface area contributed by atoms with Crippen LogP contribution in [0.4, 0.5) is 0 Å². The first kappa shape index (κ1) is 35.3. The number of fused-ring (bicyclic) bond motifs is 1. The zero-order valence-electron chi connectivity index (χ0n) is 27.8. The predicted octanol–water partition coefficient (Wildman–Crippen LogP) is 7.05. The SMILES string of the molecule is CC(c1cccc(-c2ccccc2C(=O)NCCN)c1)N(C(=O)Cc1ccc2ccccc2c1)C1CCN(C(=O)c2ccccc2)CC1.Cl. The first-order valence-corrected chi connectivity index (χ1v) is 16.7. The Hall–Kier alpha value is -4.98. The van der Waals surface area contributed by atoms with E-state index in [1.165, 1.54) is 0 Å². The molecule has 1 heterocycles. The molecule has 1 fully saturated rings. The number of carbonyl (C=O) groups excluding carboxylic acids is 3. The van der Waals surface area contributed by atoms with Crippen molar-refractivity contribution < 1.29 is 14.4 Å². The second kappa shape index (κ2) is 16.4. The Morgan fingerprint density at radius 1 is 0.816 bits per heavy atom. The second-order valence-electron chi connectivity index (χ2n) is 12.4. The lowest BCUT2D eigenvalue weighted by atomic mass is 9.93. The van der Waals surface area contributed by atoms with E-state index < -0.39 is 0 Å². The average molecular weight is 675 g/mol. The number of nitrogens with one attached hydrogen (secondary N) is 1. The van der Waals surface area contributed by atoms with Gasteiger partial charge in [-0.3, -0.25) is 14.4 Å². The van der Waals surface area contributed by atoms with E-state index in [1.807, 2.05) is 94.7 Å². The molecule has 1 unspecified atom stereocenters. The first-order chi connectivity index (χ1) is 23.4. The molecular weight excluding hydrogens is 632 g/mol. The van der Waals surface area contributed by atoms with Crippen LogP contribution in [-0.2, 0) is 11.2 Å². The number of likely N-dealkylation sites (tertiary alicyclic amines) is 1. The van der Waals surface area contributed by atoms with Crippen molar-refractivity contribution in [2.75, 3.05) is 26.2 Å². The van der Waals surface area contributed by atoms with Gasteiger partial charge in [0.05, 0.1) is 12.5 Å². The Kier molecular flexibility index (Phi) is 11.8. The van der Waals surface area contributed by atoms with Gasteiger partial charge in [-0.2, -0.15) is 0 Å². The normalized spacial score (nSPS) is 13.7. The number of amides is 3. The molecular formula is C41H43ClN4O3. The third kappa shape index (κ3) is 8.19. The number of rotatable bonds is 10. The molecule has 8 heteroatoms. The van der Waals surface area contributed by atoms with Crippen molar-refractivity contribution in [3.63, 3.8) is 0 Å². The molecule has 3 amide bonds. The fourth-order valence-electron chi connectivity index (χ4n) is 6.80. The molecule has 1 aliphatic rings. The van der Waals surface area contributed by atoms with Crippen molar-refractivity contribution in [1.29, 1.82) is 0 Å². The van der Waals surface area contributed by atoms with Crippen LogP contribution in [0, 0.1) is 0 Å². The summed E-state index contributed by atoms with van der Waals surface area (Å²) < 4.78 is 0. The molecule has 3 N–H and O–H groups in total. The molecule has 0 saturated carbocycles. The fraction of sp³-hybridized carbons (Fsp3) is 0.244. The van der Waals surface area contributed by atoms with Crippen LogP contribution in [0.25, 0.3) is 21.9 Å². The summed E-state index contributed by atoms with van der Waals surface area (Å²) in [4.78, 5) is 44.5. The highest BCUT2D eigenvalue weighted by molar-refractivity contribution is 6.01. The smallest absolute Gasteiger partial charge is 0.253 e. The number of nitrogens with two attached hydrogens (primary N) is 1. The lowest BCUT2D eigenvalue weighted by Crippen LogP contribution is -2.50. The Morgan fingerprint density at radius 3 is 2.27 bits per heavy atom. The molecule has 1 saturated heterocycles. The van der Waals surface area contributed by atoms with E-state index in [0.717, 1.165) is 33.0 Å². The molecule has 6 rings (SSSR count). The molecule has 0 radical (unpaired) electrons. The molecule has 1 aliphatic heterocycles. The third-order valence-electron chi connectivity index (χ3n) is 9.32. The molecule has 5 aromatic carbocycles. The molecule has 252 valence electrons. The Morgan fingerprint density at radius 2 is 1.51 bits per heavy atom. The standard InChI is InChI=1S/C41H42N4O3.ClH/c1-29(33-14-9-15-35(28-33)37-16-7-8-17-38(37)40(47)43-23-22-42)45(39(46)27-30-18-19-31-10-5-6-13-34(31)26-30)36-20-24-44(25-21-36)41(48)32-11-3-2-4-12-32;/h2-19,26,28-29,36H,20-25,27,42H2,1H3,(H,43,47);1H. The lowest BCUT2D eigenvalue weighted by molar-refractivity contribution is -0.136. The van der Waals surface area contributed by atoms with Gasteiger partial charge in [0, 0.05) is 43.3 Å². The van der Waals surface area contributed by atoms with Crippen LogP contribution >= 0.6 is 12.4 Å². The van der Waals surface area contributed by atoms with Gasteiger partial charge in [0.15, 0.2) is 0 Å². The number of benzene rings is 5. The highest BCUT2D eigenvalue weighted by Crippen LogP contribution is 2.32. The van der Waals surface area contributed by atoms with Crippen LogP contribution in [0.5, 0.6) is 0 Å². The summed E-state index contributed by atoms with van der Waals surface area (Å²) in [6.07, 6.45) is 1.66. The summed E-state index contributed by atoms with van der Waals surface area (Å²) in [5, 5.41) is 5.13. The Labute approximate surface area is 294 Å². The minimum absolute atomic E-state index is 0. The van der Waals surface area contributed by atoms with E-state index >= 15 is 0 Å². The van der Waals surface area contributed by atoms with Crippen molar-refractivity contribution >= 4 is 40.9 Å². The van der Waals surface area contributed by atoms with E-state index in [1.54, 1.807) is 0 Å². The molecule has 49 heavy (non-hydrogen) atoms. The number of nitrogens with zero attached hydrogens (tertiary/aromatic N) is 2. The Balaban J connectivity index is 0.00000468. The molecule has 5 aromatic rings. The summed E-state index contributed by atoms with van der Waals surface area (Å²) in [7, 11) is 0. The van der Waals surface area contributed by atoms with Crippen LogP contribution in [0.3, 0.4) is 0 Å². The van der Waals surface area contributed by atoms with Gasteiger partial charge >= 0.3 is 0 Å². The zero-order valence-corrected chi connectivity index (χ0v) is 28.6. The zero-order chi connectivity index (χ0) is 33.5. The average Bonchev–Trinajstić information content (AvgIpc) is 3.14. The van der Waals surface area contributed by atoms with Crippen molar-refractivity contribution in [1.82, 2.24) is 15.1 Å². The van der Waals surface area contributed by atoms with E-state index in [2.05, 4.69) is 48.6 Å². The largest absolute Gasteiger partial charge is 0.351 e. The van der Waals surface area contributed by atoms with Crippen molar-refractivity contribution in [2.24, 2.45) is 5.73 Å². The monoisotopic (exact) mass is 674 g/mol. The number of hydrogen-bond acceptors (Lipinski definition) is 4. The van der Waals surface area contributed by atoms with Crippen molar-refractivity contribution in [2.45, 2.75) is 38.3 Å². The van der Waals surface area contributed by atoms with Gasteiger partial charge in [0.1, 0.15) is 0 Å². The number of carbonyl (C=O) groups is 3. The summed E-state index contributed by atoms with van der Waals surface area (Å²) in [6, 6.07) is 39.2. The number of hydrogen-bond donors (Lipinski definition) is 2. The highest BCUT2D eigenvalue weighted by atomic mass is 35.5. The topological polar surface area (TPSA) is 95.7 Å². The molecule has 7 nitrogen and oxygen atoms in total. The van der Waals surface area contributed by atoms with Gasteiger partial charge in [-0.1, -0.05) is 97.1 Å². The molecule has 0 aliphatic carbocycles. The maximum absolute atomic E-state index is 14.4. The predicted molar refractivity (Wildman–Crippen MR) is 199 cm³/mol. The van der Waals surface area contributed by atoms with Gasteiger partial charge in [-0.05, 0) is 77.1 Å². The number of halogens is 1. The summed E-state index contributed by atoms with van der Waals surface area (Å²) in [6.45, 7) is 4.00. The van der Waals surface area contributed by atoms with E-state index in [-0.39, 0.29) is 48.6 Å². The minimum Gasteiger partial charge on any atom is -0.351 e. The summed E-state index contributed by atoms with van der Waals surface area (Å²) >= 11 is 0. The van der Waals surface area contributed by atoms with Crippen LogP contribution in [0.2, 0.25) is 0 Å². The van der Waals surface area contributed by atoms with Gasteiger partial charge in [-0.15, -0.1) is 12.4 Å². The quantitative estimate of drug-likeness (QED) is 0.166. The van der Waals surface area contributed by atoms with Crippen molar-refractivity contribution in [3.05, 3.63) is 144 Å². The van der Waals surface area contributed by atoms with Crippen LogP contribution in [0.1, 0.15) is 57.7 Å². The Bertz CT molecular complexity index is 1910. The van der Waals surface area contributed by atoms with E-state index in [9.17, 15) is 14.4 Å². The minimum atomic E-state index is -0.238. The fourth-order valence-corrected chi connectivity index (χ4v) is 6.80. The highest BCUT2D eigenvalue weighted by Gasteiger charge is 2.33. The molecule has 0 spiro atoms. The van der Waals surface area contributed by atoms with Gasteiger partial charge in [0.2, 0.25) is 5.91 Å². The van der Waals surface area contributed by atoms with Crippen LogP contribution < -0.4 is 11.1 Å². The summed E-state index contributed by atoms with van der Waals surface area (Å²) in [5.74, 6) is -0.0888. The molecule has 0 bridgehead atoms. The second-order valence-corrected chi connectivity index (χ2v) is 12.4. The number of piperidine rings is 1. The molecule has 1 atom stereocenters. The molecule has 0 aromatic heterocycles. The van der Waals surface area contributed by atoms with Crippen LogP contribution in [0.15, 0.2) is 121 Å². The van der Waals surface area contributed by atoms with E-state index in [4.69, 9.17) is 5.73 Å². The summed E-state index contributed by atoms with van der Waals surface area (Å²) in [5.41, 5.74) is 10.6. The van der Waals surface area contributed by atoms with Gasteiger partial charge < -0.3 is 20.9 Å². The maximum atomic E-state index is 14.4. The van der Waals surface area contributed by atoms with Crippen LogP contribution in [-0.4, -0.2) is 59.7 Å². The third-order valence-corrected chi connectivity index (χ3v) is 9.32. The maximum Gasteiger partial charge on any atom is 0.253 e. The lowest BCUT2D eigenvalue weighted by Gasteiger charge is -2.42. The van der Waals surface area contributed by atoms with Crippen molar-refractivity contribution in [3.8, 4) is 11.1 Å².